The van der Waals surface area contributed by atoms with Gasteiger partial charge in [0.05, 0.1) is 11.4 Å². The molecule has 4 aromatic heterocycles. The number of imidazole rings is 1. The molecular formula is C21H21N7. The van der Waals surface area contributed by atoms with Gasteiger partial charge in [-0.05, 0) is 42.8 Å². The van der Waals surface area contributed by atoms with Gasteiger partial charge in [0.1, 0.15) is 5.82 Å². The van der Waals surface area contributed by atoms with Crippen LogP contribution in [0.25, 0.3) is 28.0 Å². The van der Waals surface area contributed by atoms with Crippen molar-refractivity contribution < 1.29 is 0 Å². The molecular weight excluding hydrogens is 350 g/mol. The van der Waals surface area contributed by atoms with E-state index in [4.69, 9.17) is 9.97 Å². The average Bonchev–Trinajstić information content (AvgIpc) is 3.11. The van der Waals surface area contributed by atoms with E-state index in [9.17, 15) is 0 Å². The van der Waals surface area contributed by atoms with Crippen LogP contribution in [0, 0.1) is 6.92 Å². The standard InChI is InChI=1S/C21H21N7/c1-15-20(17-2-3-19(24-14-17)27-12-10-23-11-13-27)28-21(26-15)18(6-9-25-28)16-4-7-22-8-5-16/h2-9,14,23H,10-13H2,1H3. The van der Waals surface area contributed by atoms with E-state index in [1.807, 2.05) is 42.0 Å². The number of rotatable bonds is 3. The fourth-order valence-corrected chi connectivity index (χ4v) is 3.75. The first kappa shape index (κ1) is 16.8. The van der Waals surface area contributed by atoms with Crippen molar-refractivity contribution in [1.82, 2.24) is 29.9 Å². The largest absolute Gasteiger partial charge is 0.354 e. The predicted octanol–water partition coefficient (Wildman–Crippen LogP) is 2.57. The Bertz CT molecular complexity index is 1100. The monoisotopic (exact) mass is 371 g/mol. The first-order valence-electron chi connectivity index (χ1n) is 9.48. The maximum atomic E-state index is 4.81. The molecule has 0 aliphatic carbocycles. The SMILES string of the molecule is Cc1nc2c(-c3ccncc3)ccnn2c1-c1ccc(N2CCNCC2)nc1. The molecule has 0 aromatic carbocycles. The molecule has 0 radical (unpaired) electrons. The molecule has 0 bridgehead atoms. The molecule has 1 N–H and O–H groups in total. The molecule has 7 nitrogen and oxygen atoms in total. The van der Waals surface area contributed by atoms with Crippen molar-refractivity contribution in [3.63, 3.8) is 0 Å². The molecule has 0 saturated carbocycles. The summed E-state index contributed by atoms with van der Waals surface area (Å²) in [7, 11) is 0. The van der Waals surface area contributed by atoms with Crippen LogP contribution in [0.15, 0.2) is 55.1 Å². The molecule has 5 heterocycles. The summed E-state index contributed by atoms with van der Waals surface area (Å²) < 4.78 is 1.91. The van der Waals surface area contributed by atoms with Gasteiger partial charge in [-0.15, -0.1) is 0 Å². The Morgan fingerprint density at radius 1 is 0.929 bits per heavy atom. The van der Waals surface area contributed by atoms with Gasteiger partial charge in [0.15, 0.2) is 5.65 Å². The summed E-state index contributed by atoms with van der Waals surface area (Å²) in [4.78, 5) is 15.9. The van der Waals surface area contributed by atoms with Gasteiger partial charge >= 0.3 is 0 Å². The molecule has 4 aromatic rings. The fraction of sp³-hybridized carbons (Fsp3) is 0.238. The van der Waals surface area contributed by atoms with Crippen molar-refractivity contribution in [2.75, 3.05) is 31.1 Å². The zero-order chi connectivity index (χ0) is 18.9. The van der Waals surface area contributed by atoms with Gasteiger partial charge in [0.2, 0.25) is 0 Å². The molecule has 0 atom stereocenters. The van der Waals surface area contributed by atoms with Crippen LogP contribution in [0.5, 0.6) is 0 Å². The maximum absolute atomic E-state index is 4.81. The van der Waals surface area contributed by atoms with Crippen molar-refractivity contribution in [3.05, 3.63) is 60.8 Å². The Morgan fingerprint density at radius 2 is 1.75 bits per heavy atom. The highest BCUT2D eigenvalue weighted by molar-refractivity contribution is 5.80. The summed E-state index contributed by atoms with van der Waals surface area (Å²) in [5.41, 5.74) is 5.88. The summed E-state index contributed by atoms with van der Waals surface area (Å²) in [6.45, 7) is 5.98. The van der Waals surface area contributed by atoms with Gasteiger partial charge < -0.3 is 10.2 Å². The minimum Gasteiger partial charge on any atom is -0.354 e. The first-order chi connectivity index (χ1) is 13.8. The summed E-state index contributed by atoms with van der Waals surface area (Å²) in [6, 6.07) is 10.2. The second kappa shape index (κ2) is 7.01. The number of aryl methyl sites for hydroxylation is 1. The molecule has 1 aliphatic rings. The van der Waals surface area contributed by atoms with E-state index >= 15 is 0 Å². The van der Waals surface area contributed by atoms with E-state index in [0.717, 1.165) is 65.7 Å². The van der Waals surface area contributed by atoms with Crippen LogP contribution in [-0.2, 0) is 0 Å². The van der Waals surface area contributed by atoms with Gasteiger partial charge in [0.25, 0.3) is 0 Å². The van der Waals surface area contributed by atoms with Gasteiger partial charge in [-0.1, -0.05) is 0 Å². The predicted molar refractivity (Wildman–Crippen MR) is 109 cm³/mol. The van der Waals surface area contributed by atoms with E-state index < -0.39 is 0 Å². The molecule has 0 spiro atoms. The van der Waals surface area contributed by atoms with E-state index in [2.05, 4.69) is 32.4 Å². The van der Waals surface area contributed by atoms with E-state index in [0.29, 0.717) is 0 Å². The molecule has 0 unspecified atom stereocenters. The van der Waals surface area contributed by atoms with E-state index in [-0.39, 0.29) is 0 Å². The Hall–Kier alpha value is -3.32. The van der Waals surface area contributed by atoms with Crippen LogP contribution >= 0.6 is 0 Å². The number of aromatic nitrogens is 5. The third-order valence-electron chi connectivity index (χ3n) is 5.15. The molecule has 1 fully saturated rings. The Labute approximate surface area is 163 Å². The van der Waals surface area contributed by atoms with Crippen LogP contribution in [0.1, 0.15) is 5.69 Å². The normalized spacial score (nSPS) is 14.5. The van der Waals surface area contributed by atoms with E-state index in [1.54, 1.807) is 12.4 Å². The highest BCUT2D eigenvalue weighted by Gasteiger charge is 2.17. The lowest BCUT2D eigenvalue weighted by Gasteiger charge is -2.28. The lowest BCUT2D eigenvalue weighted by atomic mass is 10.1. The Kier molecular flexibility index (Phi) is 4.21. The number of anilines is 1. The van der Waals surface area contributed by atoms with Crippen molar-refractivity contribution in [2.45, 2.75) is 6.92 Å². The van der Waals surface area contributed by atoms with Crippen molar-refractivity contribution in [2.24, 2.45) is 0 Å². The van der Waals surface area contributed by atoms with Crippen LogP contribution in [0.3, 0.4) is 0 Å². The van der Waals surface area contributed by atoms with Crippen LogP contribution in [-0.4, -0.2) is 50.7 Å². The van der Waals surface area contributed by atoms with Crippen molar-refractivity contribution in [1.29, 1.82) is 0 Å². The maximum Gasteiger partial charge on any atom is 0.162 e. The third-order valence-corrected chi connectivity index (χ3v) is 5.15. The van der Waals surface area contributed by atoms with Crippen molar-refractivity contribution >= 4 is 11.5 Å². The quantitative estimate of drug-likeness (QED) is 0.597. The summed E-state index contributed by atoms with van der Waals surface area (Å²) in [5, 5.41) is 7.94. The van der Waals surface area contributed by atoms with Gasteiger partial charge in [-0.3, -0.25) is 4.98 Å². The summed E-state index contributed by atoms with van der Waals surface area (Å²) >= 11 is 0. The van der Waals surface area contributed by atoms with Gasteiger partial charge in [-0.25, -0.2) is 14.5 Å². The topological polar surface area (TPSA) is 71.2 Å². The fourth-order valence-electron chi connectivity index (χ4n) is 3.75. The second-order valence-corrected chi connectivity index (χ2v) is 6.90. The third kappa shape index (κ3) is 2.90. The van der Waals surface area contributed by atoms with Crippen LogP contribution in [0.4, 0.5) is 5.82 Å². The summed E-state index contributed by atoms with van der Waals surface area (Å²) in [5.74, 6) is 1.02. The number of piperazine rings is 1. The Morgan fingerprint density at radius 3 is 2.50 bits per heavy atom. The number of fused-ring (bicyclic) bond motifs is 1. The molecule has 0 amide bonds. The van der Waals surface area contributed by atoms with Gasteiger partial charge in [-0.2, -0.15) is 5.10 Å². The minimum absolute atomic E-state index is 0.840. The molecule has 140 valence electrons. The lowest BCUT2D eigenvalue weighted by molar-refractivity contribution is 0.585. The van der Waals surface area contributed by atoms with Crippen molar-refractivity contribution in [3.8, 4) is 22.4 Å². The smallest absolute Gasteiger partial charge is 0.162 e. The number of hydrogen-bond acceptors (Lipinski definition) is 6. The van der Waals surface area contributed by atoms with Gasteiger partial charge in [0, 0.05) is 62.1 Å². The van der Waals surface area contributed by atoms with Crippen LogP contribution in [0.2, 0.25) is 0 Å². The molecule has 1 saturated heterocycles. The number of nitrogens with zero attached hydrogens (tertiary/aromatic N) is 6. The van der Waals surface area contributed by atoms with Crippen LogP contribution < -0.4 is 10.2 Å². The van der Waals surface area contributed by atoms with E-state index in [1.165, 1.54) is 0 Å². The molecule has 1 aliphatic heterocycles. The molecule has 28 heavy (non-hydrogen) atoms. The number of nitrogens with one attached hydrogen (secondary N) is 1. The molecule has 7 heteroatoms. The molecule has 5 rings (SSSR count). The lowest BCUT2D eigenvalue weighted by Crippen LogP contribution is -2.43. The highest BCUT2D eigenvalue weighted by atomic mass is 15.3. The second-order valence-electron chi connectivity index (χ2n) is 6.90. The average molecular weight is 371 g/mol. The minimum atomic E-state index is 0.840. The zero-order valence-corrected chi connectivity index (χ0v) is 15.7. The summed E-state index contributed by atoms with van der Waals surface area (Å²) in [6.07, 6.45) is 7.33. The highest BCUT2D eigenvalue weighted by Crippen LogP contribution is 2.29. The first-order valence-corrected chi connectivity index (χ1v) is 9.48. The number of pyridine rings is 2. The zero-order valence-electron chi connectivity index (χ0n) is 15.7. The Balaban J connectivity index is 1.57. The number of hydrogen-bond donors (Lipinski definition) is 1.